The molecule has 2 aromatic rings. The number of rotatable bonds is 5. The quantitative estimate of drug-likeness (QED) is 0.870. The first-order valence-electron chi connectivity index (χ1n) is 7.55. The maximum Gasteiger partial charge on any atom is 0.0643 e. The molecule has 110 valence electrons. The molecule has 2 aromatic carbocycles. The largest absolute Gasteiger partial charge is 0.383 e. The second kappa shape index (κ2) is 6.50. The maximum absolute atomic E-state index is 6.46. The molecule has 0 saturated carbocycles. The minimum atomic E-state index is 0.391. The fourth-order valence-corrected chi connectivity index (χ4v) is 3.42. The Morgan fingerprint density at radius 3 is 2.76 bits per heavy atom. The van der Waals surface area contributed by atoms with Gasteiger partial charge in [-0.2, -0.15) is 0 Å². The molecule has 1 heterocycles. The first-order chi connectivity index (χ1) is 10.3. The third-order valence-corrected chi connectivity index (χ3v) is 4.48. The molecule has 2 nitrogen and oxygen atoms in total. The van der Waals surface area contributed by atoms with Gasteiger partial charge in [0, 0.05) is 12.5 Å². The highest BCUT2D eigenvalue weighted by molar-refractivity contribution is 6.33. The number of benzene rings is 2. The van der Waals surface area contributed by atoms with Crippen LogP contribution in [-0.4, -0.2) is 20.1 Å². The molecule has 1 atom stereocenters. The highest BCUT2D eigenvalue weighted by atomic mass is 35.5. The van der Waals surface area contributed by atoms with Gasteiger partial charge in [-0.1, -0.05) is 48.0 Å². The van der Waals surface area contributed by atoms with Crippen LogP contribution in [0.5, 0.6) is 0 Å². The predicted octanol–water partition coefficient (Wildman–Crippen LogP) is 4.05. The van der Waals surface area contributed by atoms with Gasteiger partial charge in [-0.15, -0.1) is 0 Å². The van der Waals surface area contributed by atoms with Crippen LogP contribution >= 0.6 is 11.6 Å². The van der Waals surface area contributed by atoms with E-state index in [1.807, 2.05) is 7.05 Å². The van der Waals surface area contributed by atoms with E-state index in [1.165, 1.54) is 16.7 Å². The average Bonchev–Trinajstić information content (AvgIpc) is 2.98. The minimum absolute atomic E-state index is 0.391. The van der Waals surface area contributed by atoms with Gasteiger partial charge in [-0.3, -0.25) is 0 Å². The first-order valence-corrected chi connectivity index (χ1v) is 7.93. The molecule has 0 aromatic heterocycles. The molecule has 0 radical (unpaired) electrons. The van der Waals surface area contributed by atoms with Crippen LogP contribution in [0.3, 0.4) is 0 Å². The van der Waals surface area contributed by atoms with Crippen LogP contribution in [0.1, 0.15) is 29.0 Å². The predicted molar refractivity (Wildman–Crippen MR) is 90.5 cm³/mol. The highest BCUT2D eigenvalue weighted by Crippen LogP contribution is 2.37. The molecule has 0 spiro atoms. The Morgan fingerprint density at radius 1 is 1.19 bits per heavy atom. The lowest BCUT2D eigenvalue weighted by atomic mass is 9.87. The Kier molecular flexibility index (Phi) is 4.47. The molecule has 1 unspecified atom stereocenters. The van der Waals surface area contributed by atoms with E-state index in [4.69, 9.17) is 11.6 Å². The van der Waals surface area contributed by atoms with Crippen LogP contribution in [0, 0.1) is 0 Å². The van der Waals surface area contributed by atoms with E-state index in [0.29, 0.717) is 5.92 Å². The van der Waals surface area contributed by atoms with E-state index in [1.54, 1.807) is 0 Å². The smallest absolute Gasteiger partial charge is 0.0643 e. The molecule has 3 rings (SSSR count). The van der Waals surface area contributed by atoms with Gasteiger partial charge in [0.25, 0.3) is 0 Å². The fourth-order valence-electron chi connectivity index (χ4n) is 3.11. The topological polar surface area (TPSA) is 24.1 Å². The molecule has 0 amide bonds. The summed E-state index contributed by atoms with van der Waals surface area (Å²) in [5, 5.41) is 7.48. The van der Waals surface area contributed by atoms with Crippen molar-refractivity contribution in [3.63, 3.8) is 0 Å². The maximum atomic E-state index is 6.46. The third-order valence-electron chi connectivity index (χ3n) is 4.18. The van der Waals surface area contributed by atoms with E-state index >= 15 is 0 Å². The number of anilines is 1. The monoisotopic (exact) mass is 300 g/mol. The molecule has 1 aliphatic rings. The zero-order chi connectivity index (χ0) is 14.7. The molecular formula is C18H21ClN2. The van der Waals surface area contributed by atoms with Crippen molar-refractivity contribution in [2.45, 2.75) is 18.8 Å². The summed E-state index contributed by atoms with van der Waals surface area (Å²) < 4.78 is 0. The lowest BCUT2D eigenvalue weighted by molar-refractivity contribution is 0.661. The van der Waals surface area contributed by atoms with E-state index < -0.39 is 0 Å². The van der Waals surface area contributed by atoms with Crippen molar-refractivity contribution in [1.29, 1.82) is 0 Å². The molecule has 0 fully saturated rings. The summed E-state index contributed by atoms with van der Waals surface area (Å²) >= 11 is 6.46. The van der Waals surface area contributed by atoms with E-state index in [0.717, 1.165) is 36.6 Å². The number of hydrogen-bond donors (Lipinski definition) is 2. The van der Waals surface area contributed by atoms with Crippen molar-refractivity contribution in [2.24, 2.45) is 0 Å². The zero-order valence-corrected chi connectivity index (χ0v) is 13.1. The van der Waals surface area contributed by atoms with Gasteiger partial charge in [0.1, 0.15) is 0 Å². The Hall–Kier alpha value is -1.51. The summed E-state index contributed by atoms with van der Waals surface area (Å²) in [5.41, 5.74) is 5.15. The molecule has 21 heavy (non-hydrogen) atoms. The normalized spacial score (nSPS) is 14.6. The summed E-state index contributed by atoms with van der Waals surface area (Å²) in [5.74, 6) is 0.391. The molecule has 0 bridgehead atoms. The highest BCUT2D eigenvalue weighted by Gasteiger charge is 2.20. The van der Waals surface area contributed by atoms with Gasteiger partial charge >= 0.3 is 0 Å². The third kappa shape index (κ3) is 3.07. The zero-order valence-electron chi connectivity index (χ0n) is 12.3. The molecular weight excluding hydrogens is 280 g/mol. The molecule has 2 N–H and O–H groups in total. The lowest BCUT2D eigenvalue weighted by Gasteiger charge is -2.19. The molecule has 1 aliphatic heterocycles. The minimum Gasteiger partial charge on any atom is -0.383 e. The Balaban J connectivity index is 1.98. The lowest BCUT2D eigenvalue weighted by Crippen LogP contribution is -2.13. The van der Waals surface area contributed by atoms with Gasteiger partial charge in [-0.05, 0) is 49.2 Å². The van der Waals surface area contributed by atoms with Gasteiger partial charge in [-0.25, -0.2) is 0 Å². The first kappa shape index (κ1) is 14.4. The van der Waals surface area contributed by atoms with Crippen LogP contribution in [-0.2, 0) is 6.42 Å². The molecule has 3 heteroatoms. The van der Waals surface area contributed by atoms with Crippen LogP contribution in [0.4, 0.5) is 5.69 Å². The number of fused-ring (bicyclic) bond motifs is 1. The van der Waals surface area contributed by atoms with Gasteiger partial charge < -0.3 is 10.6 Å². The molecule has 0 saturated heterocycles. The summed E-state index contributed by atoms with van der Waals surface area (Å²) in [6.07, 6.45) is 2.14. The molecule has 0 aliphatic carbocycles. The second-order valence-corrected chi connectivity index (χ2v) is 5.98. The van der Waals surface area contributed by atoms with E-state index in [2.05, 4.69) is 53.1 Å². The number of halogens is 1. The van der Waals surface area contributed by atoms with Crippen LogP contribution < -0.4 is 10.6 Å². The Morgan fingerprint density at radius 2 is 2.00 bits per heavy atom. The van der Waals surface area contributed by atoms with Gasteiger partial charge in [0.05, 0.1) is 10.7 Å². The van der Waals surface area contributed by atoms with E-state index in [9.17, 15) is 0 Å². The standard InChI is InChI=1S/C18H21ClN2/c1-20-9-8-16(13-5-3-2-4-6-13)15-11-14-7-10-21-18(14)17(19)12-15/h2-6,11-12,16,20-21H,7-10H2,1H3. The Bertz CT molecular complexity index is 610. The van der Waals surface area contributed by atoms with Crippen LogP contribution in [0.25, 0.3) is 0 Å². The Labute approximate surface area is 131 Å². The van der Waals surface area contributed by atoms with Crippen molar-refractivity contribution in [1.82, 2.24) is 5.32 Å². The number of hydrogen-bond acceptors (Lipinski definition) is 2. The SMILES string of the molecule is CNCCC(c1ccccc1)c1cc(Cl)c2c(c1)CCN2. The van der Waals surface area contributed by atoms with Crippen LogP contribution in [0.2, 0.25) is 5.02 Å². The van der Waals surface area contributed by atoms with Gasteiger partial charge in [0.15, 0.2) is 0 Å². The van der Waals surface area contributed by atoms with Crippen LogP contribution in [0.15, 0.2) is 42.5 Å². The van der Waals surface area contributed by atoms with Crippen molar-refractivity contribution in [3.05, 3.63) is 64.2 Å². The average molecular weight is 301 g/mol. The summed E-state index contributed by atoms with van der Waals surface area (Å²) in [7, 11) is 2.00. The summed E-state index contributed by atoms with van der Waals surface area (Å²) in [6.45, 7) is 1.98. The fraction of sp³-hybridized carbons (Fsp3) is 0.333. The summed E-state index contributed by atoms with van der Waals surface area (Å²) in [6, 6.07) is 15.2. The van der Waals surface area contributed by atoms with Crippen molar-refractivity contribution < 1.29 is 0 Å². The van der Waals surface area contributed by atoms with Crippen molar-refractivity contribution in [2.75, 3.05) is 25.5 Å². The second-order valence-electron chi connectivity index (χ2n) is 5.57. The van der Waals surface area contributed by atoms with Crippen molar-refractivity contribution in [3.8, 4) is 0 Å². The van der Waals surface area contributed by atoms with Gasteiger partial charge in [0.2, 0.25) is 0 Å². The van der Waals surface area contributed by atoms with E-state index in [-0.39, 0.29) is 0 Å². The van der Waals surface area contributed by atoms with Crippen molar-refractivity contribution >= 4 is 17.3 Å². The number of nitrogens with one attached hydrogen (secondary N) is 2. The summed E-state index contributed by atoms with van der Waals surface area (Å²) in [4.78, 5) is 0.